The van der Waals surface area contributed by atoms with Crippen LogP contribution in [-0.4, -0.2) is 36.7 Å². The van der Waals surface area contributed by atoms with Crippen molar-refractivity contribution in [2.75, 3.05) is 6.61 Å². The lowest BCUT2D eigenvalue weighted by Crippen LogP contribution is -2.20. The number of cyclic esters (lactones) is 1. The quantitative estimate of drug-likeness (QED) is 0.286. The molecule has 2 atom stereocenters. The van der Waals surface area contributed by atoms with Crippen LogP contribution in [0.5, 0.6) is 0 Å². The molecule has 1 heterocycles. The number of hydrogen-bond acceptors (Lipinski definition) is 6. The van der Waals surface area contributed by atoms with Crippen LogP contribution in [0.25, 0.3) is 0 Å². The average molecular weight is 362 g/mol. The maximum Gasteiger partial charge on any atom is 0.331 e. The number of carbonyl (C=O) groups is 3. The minimum absolute atomic E-state index is 0.220. The van der Waals surface area contributed by atoms with Gasteiger partial charge in [0.1, 0.15) is 18.8 Å². The number of rotatable bonds is 8. The molecule has 1 rings (SSSR count). The van der Waals surface area contributed by atoms with Crippen LogP contribution in [0.3, 0.4) is 0 Å². The smallest absolute Gasteiger partial charge is 0.331 e. The molecule has 0 radical (unpaired) electrons. The number of hydrogen-bond donors (Lipinski definition) is 0. The molecule has 1 aliphatic rings. The van der Waals surface area contributed by atoms with Crippen molar-refractivity contribution >= 4 is 17.9 Å². The summed E-state index contributed by atoms with van der Waals surface area (Å²) in [6, 6.07) is 0. The molecule has 1 aliphatic heterocycles. The van der Waals surface area contributed by atoms with Crippen molar-refractivity contribution in [1.29, 1.82) is 0 Å². The molecule has 0 fully saturated rings. The highest BCUT2D eigenvalue weighted by atomic mass is 16.5. The number of carbonyl (C=O) groups excluding carboxylic acids is 3. The zero-order valence-corrected chi connectivity index (χ0v) is 15.7. The van der Waals surface area contributed by atoms with Gasteiger partial charge in [-0.1, -0.05) is 23.8 Å². The van der Waals surface area contributed by atoms with Gasteiger partial charge in [0.25, 0.3) is 0 Å². The van der Waals surface area contributed by atoms with E-state index in [1.165, 1.54) is 19.9 Å². The molecule has 0 aromatic carbocycles. The van der Waals surface area contributed by atoms with Crippen molar-refractivity contribution in [2.24, 2.45) is 0 Å². The topological polar surface area (TPSA) is 78.9 Å². The Bertz CT molecular complexity index is 639. The van der Waals surface area contributed by atoms with Crippen LogP contribution in [0.2, 0.25) is 0 Å². The van der Waals surface area contributed by atoms with Gasteiger partial charge in [-0.2, -0.15) is 0 Å². The van der Waals surface area contributed by atoms with E-state index in [9.17, 15) is 14.4 Å². The fraction of sp³-hybridized carbons (Fsp3) is 0.450. The summed E-state index contributed by atoms with van der Waals surface area (Å²) in [5.41, 5.74) is 1.84. The van der Waals surface area contributed by atoms with Crippen LogP contribution >= 0.6 is 0 Å². The van der Waals surface area contributed by atoms with Gasteiger partial charge in [-0.3, -0.25) is 9.59 Å². The SMILES string of the molecule is CC(=O)OC/C(C)=C/C=C\C(C/C=C/C1CC(C)=CC(=O)O1)OC(C)=O. The van der Waals surface area contributed by atoms with Crippen LogP contribution in [0.4, 0.5) is 0 Å². The zero-order valence-electron chi connectivity index (χ0n) is 15.7. The monoisotopic (exact) mass is 362 g/mol. The summed E-state index contributed by atoms with van der Waals surface area (Å²) in [7, 11) is 0. The molecular formula is C20H26O6. The normalized spacial score (nSPS) is 19.2. The number of allylic oxidation sites excluding steroid dienone is 2. The molecular weight excluding hydrogens is 336 g/mol. The van der Waals surface area contributed by atoms with E-state index in [4.69, 9.17) is 14.2 Å². The highest BCUT2D eigenvalue weighted by molar-refractivity contribution is 5.83. The first-order valence-corrected chi connectivity index (χ1v) is 8.45. The molecule has 0 aliphatic carbocycles. The summed E-state index contributed by atoms with van der Waals surface area (Å²) in [6.45, 7) is 6.64. The van der Waals surface area contributed by atoms with Gasteiger partial charge in [-0.15, -0.1) is 0 Å². The Morgan fingerprint density at radius 1 is 1.31 bits per heavy atom. The van der Waals surface area contributed by atoms with Crippen molar-refractivity contribution in [3.05, 3.63) is 47.6 Å². The Labute approximate surface area is 154 Å². The Kier molecular flexibility index (Phi) is 9.12. The van der Waals surface area contributed by atoms with Crippen molar-refractivity contribution in [1.82, 2.24) is 0 Å². The highest BCUT2D eigenvalue weighted by Gasteiger charge is 2.16. The minimum Gasteiger partial charge on any atom is -0.461 e. The Morgan fingerprint density at radius 3 is 2.65 bits per heavy atom. The number of esters is 3. The summed E-state index contributed by atoms with van der Waals surface area (Å²) in [5.74, 6) is -1.05. The summed E-state index contributed by atoms with van der Waals surface area (Å²) in [6.07, 6.45) is 10.8. The van der Waals surface area contributed by atoms with Crippen LogP contribution in [0.15, 0.2) is 47.6 Å². The molecule has 0 saturated heterocycles. The third-order valence-corrected chi connectivity index (χ3v) is 3.40. The van der Waals surface area contributed by atoms with E-state index < -0.39 is 6.10 Å². The van der Waals surface area contributed by atoms with Crippen LogP contribution < -0.4 is 0 Å². The zero-order chi connectivity index (χ0) is 19.5. The molecule has 0 bridgehead atoms. The molecule has 0 amide bonds. The molecule has 26 heavy (non-hydrogen) atoms. The van der Waals surface area contributed by atoms with E-state index >= 15 is 0 Å². The van der Waals surface area contributed by atoms with E-state index in [1.54, 1.807) is 24.3 Å². The predicted molar refractivity (Wildman–Crippen MR) is 97.1 cm³/mol. The Hall–Kier alpha value is -2.63. The van der Waals surface area contributed by atoms with Crippen LogP contribution in [-0.2, 0) is 28.6 Å². The van der Waals surface area contributed by atoms with Gasteiger partial charge < -0.3 is 14.2 Å². The van der Waals surface area contributed by atoms with E-state index in [-0.39, 0.29) is 30.6 Å². The molecule has 2 unspecified atom stereocenters. The summed E-state index contributed by atoms with van der Waals surface area (Å²) < 4.78 is 15.3. The van der Waals surface area contributed by atoms with Crippen LogP contribution in [0, 0.1) is 0 Å². The molecule has 0 aromatic rings. The van der Waals surface area contributed by atoms with Gasteiger partial charge in [-0.05, 0) is 31.6 Å². The van der Waals surface area contributed by atoms with Crippen molar-refractivity contribution in [3.8, 4) is 0 Å². The Morgan fingerprint density at radius 2 is 2.04 bits per heavy atom. The van der Waals surface area contributed by atoms with E-state index in [1.807, 2.05) is 19.9 Å². The van der Waals surface area contributed by atoms with E-state index in [2.05, 4.69) is 0 Å². The summed E-state index contributed by atoms with van der Waals surface area (Å²) in [5, 5.41) is 0. The second-order valence-electron chi connectivity index (χ2n) is 6.16. The van der Waals surface area contributed by atoms with E-state index in [0.29, 0.717) is 12.8 Å². The fourth-order valence-electron chi connectivity index (χ4n) is 2.26. The highest BCUT2D eigenvalue weighted by Crippen LogP contribution is 2.16. The number of ether oxygens (including phenoxy) is 3. The van der Waals surface area contributed by atoms with Gasteiger partial charge in [0, 0.05) is 32.8 Å². The van der Waals surface area contributed by atoms with Gasteiger partial charge in [0.2, 0.25) is 0 Å². The molecule has 0 spiro atoms. The molecule has 0 aromatic heterocycles. The lowest BCUT2D eigenvalue weighted by atomic mass is 10.1. The second kappa shape index (κ2) is 11.1. The van der Waals surface area contributed by atoms with Gasteiger partial charge >= 0.3 is 17.9 Å². The van der Waals surface area contributed by atoms with Crippen LogP contribution in [0.1, 0.15) is 40.5 Å². The van der Waals surface area contributed by atoms with E-state index in [0.717, 1.165) is 11.1 Å². The molecule has 6 heteroatoms. The van der Waals surface area contributed by atoms with Crippen molar-refractivity contribution in [2.45, 2.75) is 52.7 Å². The first-order chi connectivity index (χ1) is 12.3. The predicted octanol–water partition coefficient (Wildman–Crippen LogP) is 3.19. The molecule has 0 N–H and O–H groups in total. The molecule has 0 saturated carbocycles. The van der Waals surface area contributed by atoms with Crippen molar-refractivity contribution < 1.29 is 28.6 Å². The standard InChI is InChI=1S/C20H26O6/c1-14(13-24-16(3)21)7-5-8-18(25-17(4)22)9-6-10-19-11-15(2)12-20(23)26-19/h5-8,10,12,18-19H,9,11,13H2,1-4H3/b8-5-,10-6+,14-7+. The average Bonchev–Trinajstić information content (AvgIpc) is 2.51. The Balaban J connectivity index is 2.59. The maximum atomic E-state index is 11.4. The first-order valence-electron chi connectivity index (χ1n) is 8.45. The third-order valence-electron chi connectivity index (χ3n) is 3.40. The van der Waals surface area contributed by atoms with Gasteiger partial charge in [0.15, 0.2) is 0 Å². The second-order valence-corrected chi connectivity index (χ2v) is 6.16. The third kappa shape index (κ3) is 9.61. The fourth-order valence-corrected chi connectivity index (χ4v) is 2.26. The largest absolute Gasteiger partial charge is 0.461 e. The first kappa shape index (κ1) is 21.4. The van der Waals surface area contributed by atoms with Crippen molar-refractivity contribution in [3.63, 3.8) is 0 Å². The lowest BCUT2D eigenvalue weighted by Gasteiger charge is -2.18. The lowest BCUT2D eigenvalue weighted by molar-refractivity contribution is -0.144. The van der Waals surface area contributed by atoms with Gasteiger partial charge in [-0.25, -0.2) is 4.79 Å². The summed E-state index contributed by atoms with van der Waals surface area (Å²) >= 11 is 0. The molecule has 6 nitrogen and oxygen atoms in total. The maximum absolute atomic E-state index is 11.4. The minimum atomic E-state index is -0.433. The molecule has 142 valence electrons. The van der Waals surface area contributed by atoms with Gasteiger partial charge in [0.05, 0.1) is 0 Å². The summed E-state index contributed by atoms with van der Waals surface area (Å²) in [4.78, 5) is 33.4.